The first-order chi connectivity index (χ1) is 10.1. The molecule has 3 aromatic rings. The van der Waals surface area contributed by atoms with Gasteiger partial charge in [-0.05, 0) is 30.3 Å². The number of nitrogens with one attached hydrogen (secondary N) is 1. The largest absolute Gasteiger partial charge is 0.319 e. The van der Waals surface area contributed by atoms with Crippen LogP contribution in [0.25, 0.3) is 10.9 Å². The zero-order valence-electron chi connectivity index (χ0n) is 10.5. The molecule has 0 radical (unpaired) electrons. The van der Waals surface area contributed by atoms with Gasteiger partial charge >= 0.3 is 0 Å². The Morgan fingerprint density at radius 2 is 1.95 bits per heavy atom. The molecule has 104 valence electrons. The molecule has 5 nitrogen and oxygen atoms in total. The van der Waals surface area contributed by atoms with E-state index in [1.54, 1.807) is 24.4 Å². The fourth-order valence-electron chi connectivity index (χ4n) is 1.87. The third-order valence-electron chi connectivity index (χ3n) is 2.78. The second-order valence-electron chi connectivity index (χ2n) is 4.22. The summed E-state index contributed by atoms with van der Waals surface area (Å²) in [6, 6.07) is 10.1. The van der Waals surface area contributed by atoms with E-state index >= 15 is 0 Å². The number of hydrogen-bond acceptors (Lipinski definition) is 4. The molecule has 1 N–H and O–H groups in total. The number of aromatic nitrogens is 3. The maximum absolute atomic E-state index is 12.2. The van der Waals surface area contributed by atoms with Crippen molar-refractivity contribution >= 4 is 45.7 Å². The summed E-state index contributed by atoms with van der Waals surface area (Å²) >= 11 is 11.7. The Bertz CT molecular complexity index is 821. The zero-order chi connectivity index (χ0) is 14.8. The first-order valence-corrected chi connectivity index (χ1v) is 6.74. The summed E-state index contributed by atoms with van der Waals surface area (Å²) < 4.78 is 0. The van der Waals surface area contributed by atoms with Crippen molar-refractivity contribution < 1.29 is 4.79 Å². The Labute approximate surface area is 129 Å². The lowest BCUT2D eigenvalue weighted by molar-refractivity contribution is 0.102. The Morgan fingerprint density at radius 1 is 1.10 bits per heavy atom. The zero-order valence-corrected chi connectivity index (χ0v) is 12.1. The van der Waals surface area contributed by atoms with E-state index in [-0.39, 0.29) is 10.8 Å². The summed E-state index contributed by atoms with van der Waals surface area (Å²) in [7, 11) is 0. The van der Waals surface area contributed by atoms with E-state index in [4.69, 9.17) is 23.2 Å². The van der Waals surface area contributed by atoms with Crippen LogP contribution in [-0.4, -0.2) is 21.1 Å². The van der Waals surface area contributed by atoms with E-state index in [1.807, 2.05) is 6.07 Å². The van der Waals surface area contributed by atoms with Gasteiger partial charge in [0, 0.05) is 16.6 Å². The maximum atomic E-state index is 12.2. The van der Waals surface area contributed by atoms with E-state index < -0.39 is 5.91 Å². The topological polar surface area (TPSA) is 67.8 Å². The second kappa shape index (κ2) is 5.63. The maximum Gasteiger partial charge on any atom is 0.276 e. The van der Waals surface area contributed by atoms with E-state index in [2.05, 4.69) is 20.5 Å². The van der Waals surface area contributed by atoms with Gasteiger partial charge in [0.15, 0.2) is 10.8 Å². The SMILES string of the molecule is O=C(Nc1cc(Cl)cc2cccnc12)c1ccc(Cl)nn1. The van der Waals surface area contributed by atoms with Crippen molar-refractivity contribution in [1.82, 2.24) is 15.2 Å². The molecule has 0 saturated carbocycles. The van der Waals surface area contributed by atoms with Gasteiger partial charge in [-0.15, -0.1) is 10.2 Å². The molecular formula is C14H8Cl2N4O. The highest BCUT2D eigenvalue weighted by atomic mass is 35.5. The number of carbonyl (C=O) groups excluding carboxylic acids is 1. The highest BCUT2D eigenvalue weighted by molar-refractivity contribution is 6.32. The normalized spacial score (nSPS) is 10.6. The van der Waals surface area contributed by atoms with Crippen LogP contribution in [0.15, 0.2) is 42.6 Å². The summed E-state index contributed by atoms with van der Waals surface area (Å²) in [6.07, 6.45) is 1.65. The van der Waals surface area contributed by atoms with Gasteiger partial charge in [-0.2, -0.15) is 0 Å². The molecule has 3 rings (SSSR count). The molecule has 2 heterocycles. The Balaban J connectivity index is 1.98. The highest BCUT2D eigenvalue weighted by Gasteiger charge is 2.12. The van der Waals surface area contributed by atoms with Crippen LogP contribution in [0.3, 0.4) is 0 Å². The number of fused-ring (bicyclic) bond motifs is 1. The molecule has 2 aromatic heterocycles. The van der Waals surface area contributed by atoms with Crippen molar-refractivity contribution in [2.45, 2.75) is 0 Å². The number of nitrogens with zero attached hydrogens (tertiary/aromatic N) is 3. The molecule has 0 bridgehead atoms. The van der Waals surface area contributed by atoms with Crippen molar-refractivity contribution in [2.75, 3.05) is 5.32 Å². The van der Waals surface area contributed by atoms with Crippen LogP contribution < -0.4 is 5.32 Å². The Hall–Kier alpha value is -2.24. The van der Waals surface area contributed by atoms with Crippen molar-refractivity contribution in [3.05, 3.63) is 58.5 Å². The van der Waals surface area contributed by atoms with Crippen LogP contribution >= 0.6 is 23.2 Å². The molecule has 0 fully saturated rings. The first kappa shape index (κ1) is 13.7. The summed E-state index contributed by atoms with van der Waals surface area (Å²) in [6.45, 7) is 0. The third-order valence-corrected chi connectivity index (χ3v) is 3.20. The third kappa shape index (κ3) is 2.94. The monoisotopic (exact) mass is 318 g/mol. The minimum Gasteiger partial charge on any atom is -0.319 e. The van der Waals surface area contributed by atoms with Crippen LogP contribution in [0.1, 0.15) is 10.5 Å². The summed E-state index contributed by atoms with van der Waals surface area (Å²) in [5.41, 5.74) is 1.32. The number of hydrogen-bond donors (Lipinski definition) is 1. The molecule has 1 amide bonds. The van der Waals surface area contributed by atoms with Crippen LogP contribution in [0.4, 0.5) is 5.69 Å². The fourth-order valence-corrected chi connectivity index (χ4v) is 2.20. The predicted octanol–water partition coefficient (Wildman–Crippen LogP) is 3.58. The van der Waals surface area contributed by atoms with Gasteiger partial charge in [0.1, 0.15) is 0 Å². The number of pyridine rings is 1. The van der Waals surface area contributed by atoms with Crippen molar-refractivity contribution in [3.8, 4) is 0 Å². The standard InChI is InChI=1S/C14H8Cl2N4O/c15-9-6-8-2-1-5-17-13(8)11(7-9)18-14(21)10-3-4-12(16)20-19-10/h1-7H,(H,18,21). The van der Waals surface area contributed by atoms with Gasteiger partial charge < -0.3 is 5.32 Å². The lowest BCUT2D eigenvalue weighted by Gasteiger charge is -2.08. The molecule has 7 heteroatoms. The molecule has 21 heavy (non-hydrogen) atoms. The average molecular weight is 319 g/mol. The van der Waals surface area contributed by atoms with Crippen molar-refractivity contribution in [2.24, 2.45) is 0 Å². The number of carbonyl (C=O) groups is 1. The minimum atomic E-state index is -0.409. The van der Waals surface area contributed by atoms with Gasteiger partial charge in [0.2, 0.25) is 0 Å². The summed E-state index contributed by atoms with van der Waals surface area (Å²) in [5, 5.41) is 11.7. The van der Waals surface area contributed by atoms with E-state index in [1.165, 1.54) is 12.1 Å². The molecule has 1 aromatic carbocycles. The van der Waals surface area contributed by atoms with Crippen LogP contribution in [0, 0.1) is 0 Å². The smallest absolute Gasteiger partial charge is 0.276 e. The molecule has 0 saturated heterocycles. The minimum absolute atomic E-state index is 0.156. The molecule has 0 aliphatic rings. The molecule has 0 spiro atoms. The van der Waals surface area contributed by atoms with Gasteiger partial charge in [0.05, 0.1) is 11.2 Å². The van der Waals surface area contributed by atoms with Crippen LogP contribution in [0.2, 0.25) is 10.2 Å². The summed E-state index contributed by atoms with van der Waals surface area (Å²) in [5.74, 6) is -0.409. The molecular weight excluding hydrogens is 311 g/mol. The number of halogens is 2. The molecule has 0 aliphatic heterocycles. The average Bonchev–Trinajstić information content (AvgIpc) is 2.47. The molecule has 0 atom stereocenters. The lowest BCUT2D eigenvalue weighted by atomic mass is 10.2. The first-order valence-electron chi connectivity index (χ1n) is 5.98. The molecule has 0 unspecified atom stereocenters. The van der Waals surface area contributed by atoms with Gasteiger partial charge in [-0.3, -0.25) is 9.78 Å². The Kier molecular flexibility index (Phi) is 3.68. The lowest BCUT2D eigenvalue weighted by Crippen LogP contribution is -2.14. The van der Waals surface area contributed by atoms with Gasteiger partial charge in [0.25, 0.3) is 5.91 Å². The number of anilines is 1. The molecule has 0 aliphatic carbocycles. The Morgan fingerprint density at radius 3 is 2.71 bits per heavy atom. The van der Waals surface area contributed by atoms with Gasteiger partial charge in [-0.1, -0.05) is 29.3 Å². The number of amides is 1. The quantitative estimate of drug-likeness (QED) is 0.784. The number of benzene rings is 1. The van der Waals surface area contributed by atoms with Crippen molar-refractivity contribution in [3.63, 3.8) is 0 Å². The van der Waals surface area contributed by atoms with Crippen LogP contribution in [0.5, 0.6) is 0 Å². The van der Waals surface area contributed by atoms with Gasteiger partial charge in [-0.25, -0.2) is 0 Å². The van der Waals surface area contributed by atoms with Crippen molar-refractivity contribution in [1.29, 1.82) is 0 Å². The van der Waals surface area contributed by atoms with E-state index in [0.29, 0.717) is 16.2 Å². The summed E-state index contributed by atoms with van der Waals surface area (Å²) in [4.78, 5) is 16.4. The number of rotatable bonds is 2. The van der Waals surface area contributed by atoms with Crippen LogP contribution in [-0.2, 0) is 0 Å². The second-order valence-corrected chi connectivity index (χ2v) is 5.05. The highest BCUT2D eigenvalue weighted by Crippen LogP contribution is 2.26. The van der Waals surface area contributed by atoms with E-state index in [0.717, 1.165) is 5.39 Å². The predicted molar refractivity (Wildman–Crippen MR) is 81.7 cm³/mol. The fraction of sp³-hybridized carbons (Fsp3) is 0. The van der Waals surface area contributed by atoms with E-state index in [9.17, 15) is 4.79 Å².